The summed E-state index contributed by atoms with van der Waals surface area (Å²) < 4.78 is 0. The van der Waals surface area contributed by atoms with Crippen LogP contribution in [0.4, 0.5) is 0 Å². The maximum atomic E-state index is 9.91. The van der Waals surface area contributed by atoms with Crippen LogP contribution in [-0.4, -0.2) is 16.3 Å². The Bertz CT molecular complexity index is 538. The highest BCUT2D eigenvalue weighted by Crippen LogP contribution is 2.15. The van der Waals surface area contributed by atoms with Crippen molar-refractivity contribution in [3.63, 3.8) is 0 Å². The smallest absolute Gasteiger partial charge is 0.145 e. The van der Waals surface area contributed by atoms with Crippen molar-refractivity contribution >= 4 is 0 Å². The van der Waals surface area contributed by atoms with Gasteiger partial charge in [0, 0.05) is 5.56 Å². The number of aliphatic hydroxyl groups is 2. The molecule has 0 aliphatic rings. The van der Waals surface area contributed by atoms with Gasteiger partial charge in [0.1, 0.15) is 12.2 Å². The molecular weight excluding hydrogens is 224 g/mol. The minimum atomic E-state index is -1.09. The summed E-state index contributed by atoms with van der Waals surface area (Å²) in [6.45, 7) is 0. The van der Waals surface area contributed by atoms with Crippen molar-refractivity contribution in [1.29, 1.82) is 0 Å². The van der Waals surface area contributed by atoms with Gasteiger partial charge in [-0.3, -0.25) is 0 Å². The number of benzene rings is 2. The molecule has 0 fully saturated rings. The Hall–Kier alpha value is -2.08. The lowest BCUT2D eigenvalue weighted by Gasteiger charge is -2.12. The van der Waals surface area contributed by atoms with E-state index in [1.807, 2.05) is 48.5 Å². The van der Waals surface area contributed by atoms with Crippen LogP contribution in [0.25, 0.3) is 0 Å². The number of aliphatic hydroxyl groups excluding tert-OH is 2. The van der Waals surface area contributed by atoms with Crippen molar-refractivity contribution in [2.24, 2.45) is 0 Å². The van der Waals surface area contributed by atoms with E-state index >= 15 is 0 Å². The molecule has 90 valence electrons. The van der Waals surface area contributed by atoms with Crippen LogP contribution >= 0.6 is 0 Å². The van der Waals surface area contributed by atoms with Gasteiger partial charge in [-0.15, -0.1) is 0 Å². The molecule has 2 nitrogen and oxygen atoms in total. The van der Waals surface area contributed by atoms with E-state index in [9.17, 15) is 10.2 Å². The standard InChI is InChI=1S/C16H14O2/c17-15(12-11-13-7-3-1-4-8-13)16(18)14-9-5-2-6-10-14/h1-10,15-18H/t15-,16-/m0/s1. The third-order valence-corrected chi connectivity index (χ3v) is 2.58. The molecule has 0 aliphatic heterocycles. The van der Waals surface area contributed by atoms with Gasteiger partial charge in [-0.2, -0.15) is 0 Å². The summed E-state index contributed by atoms with van der Waals surface area (Å²) in [5, 5.41) is 19.7. The molecule has 0 aromatic heterocycles. The van der Waals surface area contributed by atoms with Gasteiger partial charge in [0.15, 0.2) is 0 Å². The van der Waals surface area contributed by atoms with E-state index in [0.29, 0.717) is 5.56 Å². The van der Waals surface area contributed by atoms with Gasteiger partial charge in [-0.25, -0.2) is 0 Å². The minimum absolute atomic E-state index is 0.660. The SMILES string of the molecule is O[C@@H](C#Cc1ccccc1)[C@@H](O)c1ccccc1. The molecule has 2 aromatic rings. The fourth-order valence-corrected chi connectivity index (χ4v) is 1.59. The molecule has 0 saturated heterocycles. The van der Waals surface area contributed by atoms with Crippen LogP contribution in [-0.2, 0) is 0 Å². The number of hydrogen-bond donors (Lipinski definition) is 2. The monoisotopic (exact) mass is 238 g/mol. The van der Waals surface area contributed by atoms with Crippen molar-refractivity contribution in [3.05, 3.63) is 71.8 Å². The first-order chi connectivity index (χ1) is 8.77. The summed E-state index contributed by atoms with van der Waals surface area (Å²) in [5.41, 5.74) is 1.48. The van der Waals surface area contributed by atoms with Gasteiger partial charge in [0.25, 0.3) is 0 Å². The average Bonchev–Trinajstić information content (AvgIpc) is 2.46. The van der Waals surface area contributed by atoms with Crippen LogP contribution in [0.3, 0.4) is 0 Å². The molecule has 0 bridgehead atoms. The minimum Gasteiger partial charge on any atom is -0.385 e. The van der Waals surface area contributed by atoms with Gasteiger partial charge in [0.05, 0.1) is 0 Å². The molecule has 0 aliphatic carbocycles. The first kappa shape index (κ1) is 12.4. The first-order valence-electron chi connectivity index (χ1n) is 5.75. The summed E-state index contributed by atoms with van der Waals surface area (Å²) >= 11 is 0. The summed E-state index contributed by atoms with van der Waals surface area (Å²) in [5.74, 6) is 5.49. The zero-order valence-corrected chi connectivity index (χ0v) is 9.82. The Labute approximate surface area is 107 Å². The molecule has 0 spiro atoms. The van der Waals surface area contributed by atoms with E-state index in [4.69, 9.17) is 0 Å². The fourth-order valence-electron chi connectivity index (χ4n) is 1.59. The van der Waals surface area contributed by atoms with Crippen LogP contribution in [0.5, 0.6) is 0 Å². The molecule has 2 aromatic carbocycles. The second kappa shape index (κ2) is 6.02. The van der Waals surface area contributed by atoms with Gasteiger partial charge < -0.3 is 10.2 Å². The van der Waals surface area contributed by atoms with Crippen molar-refractivity contribution in [3.8, 4) is 11.8 Å². The van der Waals surface area contributed by atoms with Gasteiger partial charge in [0.2, 0.25) is 0 Å². The molecule has 0 saturated carbocycles. The predicted octanol–water partition coefficient (Wildman–Crippen LogP) is 2.13. The molecule has 2 rings (SSSR count). The lowest BCUT2D eigenvalue weighted by molar-refractivity contribution is 0.0540. The highest BCUT2D eigenvalue weighted by Gasteiger charge is 2.15. The normalized spacial score (nSPS) is 13.2. The Morgan fingerprint density at radius 1 is 0.778 bits per heavy atom. The van der Waals surface area contributed by atoms with E-state index in [2.05, 4.69) is 11.8 Å². The van der Waals surface area contributed by atoms with Crippen LogP contribution in [0.15, 0.2) is 60.7 Å². The summed E-state index contributed by atoms with van der Waals surface area (Å²) in [6.07, 6.45) is -2.07. The van der Waals surface area contributed by atoms with E-state index < -0.39 is 12.2 Å². The van der Waals surface area contributed by atoms with E-state index in [1.165, 1.54) is 0 Å². The van der Waals surface area contributed by atoms with Gasteiger partial charge in [-0.05, 0) is 17.7 Å². The average molecular weight is 238 g/mol. The third-order valence-electron chi connectivity index (χ3n) is 2.58. The lowest BCUT2D eigenvalue weighted by atomic mass is 10.0. The quantitative estimate of drug-likeness (QED) is 0.787. The number of hydrogen-bond acceptors (Lipinski definition) is 2. The Morgan fingerprint density at radius 2 is 1.33 bits per heavy atom. The predicted molar refractivity (Wildman–Crippen MR) is 70.7 cm³/mol. The molecule has 2 N–H and O–H groups in total. The Balaban J connectivity index is 2.09. The third kappa shape index (κ3) is 3.21. The Kier molecular flexibility index (Phi) is 4.14. The fraction of sp³-hybridized carbons (Fsp3) is 0.125. The van der Waals surface area contributed by atoms with Crippen molar-refractivity contribution < 1.29 is 10.2 Å². The summed E-state index contributed by atoms with van der Waals surface area (Å²) in [6, 6.07) is 18.4. The first-order valence-corrected chi connectivity index (χ1v) is 5.75. The molecule has 2 heteroatoms. The van der Waals surface area contributed by atoms with Gasteiger partial charge >= 0.3 is 0 Å². The second-order valence-corrected chi connectivity index (χ2v) is 3.94. The van der Waals surface area contributed by atoms with Crippen LogP contribution in [0.2, 0.25) is 0 Å². The maximum absolute atomic E-state index is 9.91. The van der Waals surface area contributed by atoms with Crippen LogP contribution < -0.4 is 0 Å². The van der Waals surface area contributed by atoms with E-state index in [1.54, 1.807) is 12.1 Å². The van der Waals surface area contributed by atoms with Crippen LogP contribution in [0, 0.1) is 11.8 Å². The highest BCUT2D eigenvalue weighted by atomic mass is 16.3. The summed E-state index contributed by atoms with van der Waals surface area (Å²) in [4.78, 5) is 0. The largest absolute Gasteiger partial charge is 0.385 e. The van der Waals surface area contributed by atoms with Crippen molar-refractivity contribution in [1.82, 2.24) is 0 Å². The molecule has 0 heterocycles. The molecule has 0 unspecified atom stereocenters. The zero-order chi connectivity index (χ0) is 12.8. The molecule has 0 amide bonds. The van der Waals surface area contributed by atoms with Crippen molar-refractivity contribution in [2.75, 3.05) is 0 Å². The second-order valence-electron chi connectivity index (χ2n) is 3.94. The molecule has 0 radical (unpaired) electrons. The number of rotatable bonds is 2. The van der Waals surface area contributed by atoms with Crippen molar-refractivity contribution in [2.45, 2.75) is 12.2 Å². The Morgan fingerprint density at radius 3 is 1.94 bits per heavy atom. The molecule has 18 heavy (non-hydrogen) atoms. The van der Waals surface area contributed by atoms with E-state index in [-0.39, 0.29) is 0 Å². The zero-order valence-electron chi connectivity index (χ0n) is 9.82. The topological polar surface area (TPSA) is 40.5 Å². The van der Waals surface area contributed by atoms with Gasteiger partial charge in [-0.1, -0.05) is 60.4 Å². The van der Waals surface area contributed by atoms with E-state index in [0.717, 1.165) is 5.56 Å². The maximum Gasteiger partial charge on any atom is 0.145 e. The molecular formula is C16H14O2. The van der Waals surface area contributed by atoms with Crippen LogP contribution in [0.1, 0.15) is 17.2 Å². The highest BCUT2D eigenvalue weighted by molar-refractivity contribution is 5.35. The summed E-state index contributed by atoms with van der Waals surface area (Å²) in [7, 11) is 0. The lowest BCUT2D eigenvalue weighted by Crippen LogP contribution is -2.15. The molecule has 2 atom stereocenters.